The Hall–Kier alpha value is -2.18. The van der Waals surface area contributed by atoms with Crippen LogP contribution in [0, 0.1) is 6.92 Å². The van der Waals surface area contributed by atoms with Gasteiger partial charge in [0.05, 0.1) is 24.3 Å². The average Bonchev–Trinajstić information content (AvgIpc) is 3.07. The minimum atomic E-state index is -0.0873. The van der Waals surface area contributed by atoms with Crippen molar-refractivity contribution in [1.82, 2.24) is 4.98 Å². The topological polar surface area (TPSA) is 51.2 Å². The Balaban J connectivity index is 1.70. The van der Waals surface area contributed by atoms with Gasteiger partial charge >= 0.3 is 0 Å². The van der Waals surface area contributed by atoms with Crippen LogP contribution in [0.2, 0.25) is 0 Å². The van der Waals surface area contributed by atoms with Gasteiger partial charge in [0.2, 0.25) is 5.91 Å². The van der Waals surface area contributed by atoms with Gasteiger partial charge in [-0.15, -0.1) is 11.3 Å². The lowest BCUT2D eigenvalue weighted by Gasteiger charge is -2.07. The summed E-state index contributed by atoms with van der Waals surface area (Å²) in [5.41, 5.74) is 3.60. The highest BCUT2D eigenvalue weighted by Crippen LogP contribution is 2.32. The van der Waals surface area contributed by atoms with E-state index in [2.05, 4.69) is 26.2 Å². The number of hydrogen-bond donors (Lipinski definition) is 1. The lowest BCUT2D eigenvalue weighted by Crippen LogP contribution is -2.14. The summed E-state index contributed by atoms with van der Waals surface area (Å²) in [6.45, 7) is 4.56. The number of thiazole rings is 1. The first-order chi connectivity index (χ1) is 12.6. The van der Waals surface area contributed by atoms with E-state index in [-0.39, 0.29) is 12.3 Å². The first kappa shape index (κ1) is 18.6. The second kappa shape index (κ2) is 8.47. The quantitative estimate of drug-likeness (QED) is 0.564. The molecule has 3 rings (SSSR count). The maximum Gasteiger partial charge on any atom is 0.230 e. The molecule has 0 atom stereocenters. The van der Waals surface area contributed by atoms with Gasteiger partial charge in [-0.25, -0.2) is 4.98 Å². The Morgan fingerprint density at radius 1 is 1.27 bits per heavy atom. The Kier molecular flexibility index (Phi) is 6.06. The molecule has 6 heteroatoms. The molecule has 0 spiro atoms. The third-order valence-corrected chi connectivity index (χ3v) is 5.55. The van der Waals surface area contributed by atoms with Gasteiger partial charge in [0.1, 0.15) is 10.8 Å². The van der Waals surface area contributed by atoms with E-state index in [1.807, 2.05) is 61.7 Å². The first-order valence-corrected chi connectivity index (χ1v) is 9.96. The molecule has 0 aliphatic heterocycles. The van der Waals surface area contributed by atoms with Crippen LogP contribution in [0.15, 0.2) is 52.3 Å². The molecule has 4 nitrogen and oxygen atoms in total. The van der Waals surface area contributed by atoms with E-state index in [0.717, 1.165) is 37.7 Å². The van der Waals surface area contributed by atoms with Crippen LogP contribution in [-0.4, -0.2) is 17.5 Å². The molecule has 0 bridgehead atoms. The number of para-hydroxylation sites is 1. The molecular formula is C20H19BrN2O2S. The van der Waals surface area contributed by atoms with Gasteiger partial charge in [0.15, 0.2) is 0 Å². The van der Waals surface area contributed by atoms with E-state index in [1.54, 1.807) is 0 Å². The molecule has 2 aromatic carbocycles. The molecule has 26 heavy (non-hydrogen) atoms. The van der Waals surface area contributed by atoms with Crippen molar-refractivity contribution < 1.29 is 9.53 Å². The van der Waals surface area contributed by atoms with E-state index in [1.165, 1.54) is 11.3 Å². The number of aryl methyl sites for hydroxylation is 1. The van der Waals surface area contributed by atoms with Crippen molar-refractivity contribution in [3.05, 3.63) is 63.6 Å². The molecule has 0 fully saturated rings. The molecule has 0 saturated carbocycles. The maximum atomic E-state index is 12.3. The molecule has 1 aromatic heterocycles. The van der Waals surface area contributed by atoms with Crippen LogP contribution in [0.5, 0.6) is 5.75 Å². The monoisotopic (exact) mass is 430 g/mol. The van der Waals surface area contributed by atoms with Crippen LogP contribution in [0.4, 0.5) is 5.69 Å². The van der Waals surface area contributed by atoms with Gasteiger partial charge in [-0.3, -0.25) is 4.79 Å². The Morgan fingerprint density at radius 2 is 2.08 bits per heavy atom. The van der Waals surface area contributed by atoms with E-state index >= 15 is 0 Å². The number of carbonyl (C=O) groups is 1. The molecule has 1 N–H and O–H groups in total. The van der Waals surface area contributed by atoms with Crippen LogP contribution in [-0.2, 0) is 11.2 Å². The molecule has 3 aromatic rings. The van der Waals surface area contributed by atoms with Gasteiger partial charge in [0.25, 0.3) is 0 Å². The van der Waals surface area contributed by atoms with E-state index in [9.17, 15) is 4.79 Å². The number of amides is 1. The predicted octanol–water partition coefficient (Wildman–Crippen LogP) is 5.46. The van der Waals surface area contributed by atoms with Crippen LogP contribution in [0.25, 0.3) is 10.6 Å². The van der Waals surface area contributed by atoms with Gasteiger partial charge in [-0.05, 0) is 43.7 Å². The fraction of sp³-hybridized carbons (Fsp3) is 0.200. The highest BCUT2D eigenvalue weighted by atomic mass is 79.9. The number of halogens is 1. The Labute approximate surface area is 165 Å². The molecule has 0 unspecified atom stereocenters. The predicted molar refractivity (Wildman–Crippen MR) is 110 cm³/mol. The zero-order chi connectivity index (χ0) is 18.5. The molecule has 0 aliphatic rings. The molecule has 0 saturated heterocycles. The zero-order valence-electron chi connectivity index (χ0n) is 14.6. The Bertz CT molecular complexity index is 924. The number of rotatable bonds is 6. The molecular weight excluding hydrogens is 412 g/mol. The summed E-state index contributed by atoms with van der Waals surface area (Å²) in [6, 6.07) is 13.6. The second-order valence-electron chi connectivity index (χ2n) is 5.76. The first-order valence-electron chi connectivity index (χ1n) is 8.29. The van der Waals surface area contributed by atoms with Crippen molar-refractivity contribution in [1.29, 1.82) is 0 Å². The number of benzene rings is 2. The van der Waals surface area contributed by atoms with Gasteiger partial charge in [-0.2, -0.15) is 0 Å². The number of carbonyl (C=O) groups excluding carboxylic acids is 1. The smallest absolute Gasteiger partial charge is 0.230 e. The van der Waals surface area contributed by atoms with E-state index in [4.69, 9.17) is 4.74 Å². The van der Waals surface area contributed by atoms with Crippen LogP contribution in [0.1, 0.15) is 18.2 Å². The third-order valence-electron chi connectivity index (χ3n) is 3.77. The van der Waals surface area contributed by atoms with Crippen molar-refractivity contribution >= 4 is 38.9 Å². The Morgan fingerprint density at radius 3 is 2.85 bits per heavy atom. The summed E-state index contributed by atoms with van der Waals surface area (Å²) in [7, 11) is 0. The van der Waals surface area contributed by atoms with Crippen molar-refractivity contribution in [3.63, 3.8) is 0 Å². The van der Waals surface area contributed by atoms with Crippen molar-refractivity contribution in [2.75, 3.05) is 11.9 Å². The molecule has 1 heterocycles. The van der Waals surface area contributed by atoms with Crippen LogP contribution < -0.4 is 10.1 Å². The summed E-state index contributed by atoms with van der Waals surface area (Å²) >= 11 is 4.99. The molecule has 0 aliphatic carbocycles. The number of aromatic nitrogens is 1. The van der Waals surface area contributed by atoms with Crippen molar-refractivity contribution in [2.24, 2.45) is 0 Å². The highest BCUT2D eigenvalue weighted by Gasteiger charge is 2.12. The SMILES string of the molecule is CCOc1ccccc1-c1nc(CC(=O)Nc2ccc(C)c(Br)c2)cs1. The van der Waals surface area contributed by atoms with Crippen LogP contribution >= 0.6 is 27.3 Å². The van der Waals surface area contributed by atoms with E-state index < -0.39 is 0 Å². The maximum absolute atomic E-state index is 12.3. The van der Waals surface area contributed by atoms with Crippen molar-refractivity contribution in [3.8, 4) is 16.3 Å². The van der Waals surface area contributed by atoms with Gasteiger partial charge in [0, 0.05) is 15.5 Å². The van der Waals surface area contributed by atoms with Crippen LogP contribution in [0.3, 0.4) is 0 Å². The zero-order valence-corrected chi connectivity index (χ0v) is 17.0. The minimum Gasteiger partial charge on any atom is -0.493 e. The lowest BCUT2D eigenvalue weighted by molar-refractivity contribution is -0.115. The molecule has 1 amide bonds. The number of nitrogens with zero attached hydrogens (tertiary/aromatic N) is 1. The number of hydrogen-bond acceptors (Lipinski definition) is 4. The fourth-order valence-electron chi connectivity index (χ4n) is 2.48. The summed E-state index contributed by atoms with van der Waals surface area (Å²) < 4.78 is 6.64. The number of ether oxygens (including phenoxy) is 1. The van der Waals surface area contributed by atoms with E-state index in [0.29, 0.717) is 6.61 Å². The highest BCUT2D eigenvalue weighted by molar-refractivity contribution is 9.10. The summed E-state index contributed by atoms with van der Waals surface area (Å²) in [6.07, 6.45) is 0.235. The minimum absolute atomic E-state index is 0.0873. The number of anilines is 1. The van der Waals surface area contributed by atoms with Gasteiger partial charge in [-0.1, -0.05) is 34.1 Å². The average molecular weight is 431 g/mol. The lowest BCUT2D eigenvalue weighted by atomic mass is 10.2. The number of nitrogens with one attached hydrogen (secondary N) is 1. The molecule has 0 radical (unpaired) electrons. The fourth-order valence-corrected chi connectivity index (χ4v) is 3.70. The van der Waals surface area contributed by atoms with Gasteiger partial charge < -0.3 is 10.1 Å². The van der Waals surface area contributed by atoms with Crippen molar-refractivity contribution in [2.45, 2.75) is 20.3 Å². The second-order valence-corrected chi connectivity index (χ2v) is 7.47. The summed E-state index contributed by atoms with van der Waals surface area (Å²) in [5, 5.41) is 5.69. The standard InChI is InChI=1S/C20H19BrN2O2S/c1-3-25-18-7-5-4-6-16(18)20-23-15(12-26-20)11-19(24)22-14-9-8-13(2)17(21)10-14/h4-10,12H,3,11H2,1-2H3,(H,22,24). The summed E-state index contributed by atoms with van der Waals surface area (Å²) in [5.74, 6) is 0.723. The normalized spacial score (nSPS) is 10.6. The molecule has 134 valence electrons. The largest absolute Gasteiger partial charge is 0.493 e. The third kappa shape index (κ3) is 4.51. The summed E-state index contributed by atoms with van der Waals surface area (Å²) in [4.78, 5) is 16.9.